The molecule has 1 aromatic heterocycles. The third kappa shape index (κ3) is 2.27. The second kappa shape index (κ2) is 4.90. The summed E-state index contributed by atoms with van der Waals surface area (Å²) in [6, 6.07) is 13.1. The molecule has 0 saturated heterocycles. The van der Waals surface area contributed by atoms with Gasteiger partial charge < -0.3 is 9.84 Å². The average molecular weight is 271 g/mol. The topological polar surface area (TPSA) is 42.4 Å². The molecule has 0 unspecified atom stereocenters. The van der Waals surface area contributed by atoms with Crippen molar-refractivity contribution in [3.63, 3.8) is 0 Å². The molecule has 0 atom stereocenters. The summed E-state index contributed by atoms with van der Waals surface area (Å²) < 4.78 is 6.54. The zero-order valence-electron chi connectivity index (χ0n) is 10.5. The molecule has 1 N–H and O–H groups in total. The van der Waals surface area contributed by atoms with E-state index in [1.54, 1.807) is 23.5 Å². The van der Waals surface area contributed by atoms with Gasteiger partial charge in [-0.3, -0.25) is 0 Å². The van der Waals surface area contributed by atoms with Crippen LogP contribution in [0.5, 0.6) is 11.5 Å². The van der Waals surface area contributed by atoms with Gasteiger partial charge in [-0.2, -0.15) is 0 Å². The minimum absolute atomic E-state index is 0.256. The highest BCUT2D eigenvalue weighted by Crippen LogP contribution is 2.36. The Morgan fingerprint density at radius 2 is 2.05 bits per heavy atom. The van der Waals surface area contributed by atoms with E-state index < -0.39 is 0 Å². The van der Waals surface area contributed by atoms with Crippen molar-refractivity contribution in [2.75, 3.05) is 6.61 Å². The summed E-state index contributed by atoms with van der Waals surface area (Å²) >= 11 is 1.55. The summed E-state index contributed by atoms with van der Waals surface area (Å²) in [6.45, 7) is 2.61. The van der Waals surface area contributed by atoms with Crippen LogP contribution in [0.25, 0.3) is 20.8 Å². The van der Waals surface area contributed by atoms with Gasteiger partial charge in [0.1, 0.15) is 16.5 Å². The Bertz CT molecular complexity index is 721. The molecule has 0 spiro atoms. The SMILES string of the molecule is CCOc1ccc2nc(-c3ccccc3O)sc2c1. The van der Waals surface area contributed by atoms with E-state index in [9.17, 15) is 5.11 Å². The average Bonchev–Trinajstić information content (AvgIpc) is 2.82. The summed E-state index contributed by atoms with van der Waals surface area (Å²) in [5, 5.41) is 10.7. The van der Waals surface area contributed by atoms with Gasteiger partial charge in [-0.05, 0) is 37.3 Å². The summed E-state index contributed by atoms with van der Waals surface area (Å²) in [4.78, 5) is 4.55. The number of phenolic OH excluding ortho intramolecular Hbond substituents is 1. The molecule has 4 heteroatoms. The van der Waals surface area contributed by atoms with Gasteiger partial charge in [0.2, 0.25) is 0 Å². The summed E-state index contributed by atoms with van der Waals surface area (Å²) in [7, 11) is 0. The molecule has 0 aliphatic rings. The maximum atomic E-state index is 9.87. The van der Waals surface area contributed by atoms with Crippen LogP contribution in [0.3, 0.4) is 0 Å². The van der Waals surface area contributed by atoms with Gasteiger partial charge in [0, 0.05) is 0 Å². The Hall–Kier alpha value is -2.07. The number of hydrogen-bond acceptors (Lipinski definition) is 4. The maximum Gasteiger partial charge on any atom is 0.128 e. The van der Waals surface area contributed by atoms with Crippen LogP contribution in [0, 0.1) is 0 Å². The number of aromatic nitrogens is 1. The molecule has 1 heterocycles. The Labute approximate surface area is 115 Å². The molecule has 0 fully saturated rings. The van der Waals surface area contributed by atoms with Crippen LogP contribution >= 0.6 is 11.3 Å². The van der Waals surface area contributed by atoms with Gasteiger partial charge in [-0.25, -0.2) is 4.98 Å². The Morgan fingerprint density at radius 1 is 1.21 bits per heavy atom. The number of phenols is 1. The van der Waals surface area contributed by atoms with E-state index in [4.69, 9.17) is 4.74 Å². The number of fused-ring (bicyclic) bond motifs is 1. The summed E-state index contributed by atoms with van der Waals surface area (Å²) in [5.74, 6) is 1.11. The lowest BCUT2D eigenvalue weighted by Crippen LogP contribution is -1.89. The normalized spacial score (nSPS) is 10.8. The molecule has 96 valence electrons. The van der Waals surface area contributed by atoms with Crippen molar-refractivity contribution in [3.8, 4) is 22.1 Å². The molecule has 3 rings (SSSR count). The van der Waals surface area contributed by atoms with Crippen molar-refractivity contribution < 1.29 is 9.84 Å². The number of benzene rings is 2. The summed E-state index contributed by atoms with van der Waals surface area (Å²) in [5.41, 5.74) is 1.69. The van der Waals surface area contributed by atoms with Crippen molar-refractivity contribution in [2.24, 2.45) is 0 Å². The molecule has 0 aliphatic heterocycles. The standard InChI is InChI=1S/C15H13NO2S/c1-2-18-10-7-8-12-14(9-10)19-15(16-12)11-5-3-4-6-13(11)17/h3-9,17H,2H2,1H3. The Morgan fingerprint density at radius 3 is 2.84 bits per heavy atom. The van der Waals surface area contributed by atoms with E-state index in [1.165, 1.54) is 0 Å². The lowest BCUT2D eigenvalue weighted by Gasteiger charge is -2.00. The highest BCUT2D eigenvalue weighted by Gasteiger charge is 2.10. The van der Waals surface area contributed by atoms with Gasteiger partial charge >= 0.3 is 0 Å². The van der Waals surface area contributed by atoms with Crippen LogP contribution in [-0.2, 0) is 0 Å². The van der Waals surface area contributed by atoms with Gasteiger partial charge in [0.05, 0.1) is 22.4 Å². The second-order valence-electron chi connectivity index (χ2n) is 4.10. The van der Waals surface area contributed by atoms with Crippen LogP contribution in [0.4, 0.5) is 0 Å². The molecular weight excluding hydrogens is 258 g/mol. The molecule has 0 amide bonds. The first-order chi connectivity index (χ1) is 9.28. The van der Waals surface area contributed by atoms with Crippen LogP contribution in [0.15, 0.2) is 42.5 Å². The number of aromatic hydroxyl groups is 1. The molecule has 19 heavy (non-hydrogen) atoms. The quantitative estimate of drug-likeness (QED) is 0.781. The zero-order valence-corrected chi connectivity index (χ0v) is 11.3. The number of ether oxygens (including phenoxy) is 1. The second-order valence-corrected chi connectivity index (χ2v) is 5.13. The third-order valence-corrected chi connectivity index (χ3v) is 3.86. The highest BCUT2D eigenvalue weighted by atomic mass is 32.1. The van der Waals surface area contributed by atoms with Crippen LogP contribution in [0.2, 0.25) is 0 Å². The van der Waals surface area contributed by atoms with E-state index in [1.807, 2.05) is 37.3 Å². The van der Waals surface area contributed by atoms with Gasteiger partial charge in [0.25, 0.3) is 0 Å². The first-order valence-electron chi connectivity index (χ1n) is 6.09. The number of hydrogen-bond donors (Lipinski definition) is 1. The molecule has 0 radical (unpaired) electrons. The van der Waals surface area contributed by atoms with Crippen LogP contribution < -0.4 is 4.74 Å². The van der Waals surface area contributed by atoms with Crippen molar-refractivity contribution in [3.05, 3.63) is 42.5 Å². The maximum absolute atomic E-state index is 9.87. The number of rotatable bonds is 3. The molecule has 0 aliphatic carbocycles. The zero-order chi connectivity index (χ0) is 13.2. The van der Waals surface area contributed by atoms with E-state index >= 15 is 0 Å². The molecule has 3 aromatic rings. The predicted molar refractivity (Wildman–Crippen MR) is 77.9 cm³/mol. The van der Waals surface area contributed by atoms with Crippen molar-refractivity contribution in [2.45, 2.75) is 6.92 Å². The van der Waals surface area contributed by atoms with E-state index in [0.29, 0.717) is 6.61 Å². The molecular formula is C15H13NO2S. The fraction of sp³-hybridized carbons (Fsp3) is 0.133. The first-order valence-corrected chi connectivity index (χ1v) is 6.91. The van der Waals surface area contributed by atoms with Crippen molar-refractivity contribution in [1.82, 2.24) is 4.98 Å². The van der Waals surface area contributed by atoms with Crippen LogP contribution in [-0.4, -0.2) is 16.7 Å². The summed E-state index contributed by atoms with van der Waals surface area (Å²) in [6.07, 6.45) is 0. The molecule has 3 nitrogen and oxygen atoms in total. The molecule has 0 saturated carbocycles. The van der Waals surface area contributed by atoms with E-state index in [0.717, 1.165) is 26.5 Å². The lowest BCUT2D eigenvalue weighted by molar-refractivity contribution is 0.341. The first kappa shape index (κ1) is 12.0. The monoisotopic (exact) mass is 271 g/mol. The minimum Gasteiger partial charge on any atom is -0.507 e. The van der Waals surface area contributed by atoms with Crippen molar-refractivity contribution >= 4 is 21.6 Å². The van der Waals surface area contributed by atoms with E-state index in [2.05, 4.69) is 4.98 Å². The van der Waals surface area contributed by atoms with E-state index in [-0.39, 0.29) is 5.75 Å². The van der Waals surface area contributed by atoms with Crippen LogP contribution in [0.1, 0.15) is 6.92 Å². The highest BCUT2D eigenvalue weighted by molar-refractivity contribution is 7.21. The number of nitrogens with zero attached hydrogens (tertiary/aromatic N) is 1. The van der Waals surface area contributed by atoms with Gasteiger partial charge in [0.15, 0.2) is 0 Å². The van der Waals surface area contributed by atoms with Gasteiger partial charge in [-0.15, -0.1) is 11.3 Å². The number of thiazole rings is 1. The fourth-order valence-electron chi connectivity index (χ4n) is 1.93. The predicted octanol–water partition coefficient (Wildman–Crippen LogP) is 4.07. The number of para-hydroxylation sites is 1. The minimum atomic E-state index is 0.256. The van der Waals surface area contributed by atoms with Gasteiger partial charge in [-0.1, -0.05) is 12.1 Å². The molecule has 2 aromatic carbocycles. The fourth-order valence-corrected chi connectivity index (χ4v) is 2.96. The largest absolute Gasteiger partial charge is 0.507 e. The van der Waals surface area contributed by atoms with Crippen molar-refractivity contribution in [1.29, 1.82) is 0 Å². The Balaban J connectivity index is 2.09. The lowest BCUT2D eigenvalue weighted by atomic mass is 10.2. The molecule has 0 bridgehead atoms. The Kier molecular flexibility index (Phi) is 3.09. The smallest absolute Gasteiger partial charge is 0.128 e. The third-order valence-electron chi connectivity index (χ3n) is 2.81.